The van der Waals surface area contributed by atoms with Gasteiger partial charge in [0, 0.05) is 0 Å². The number of hydrogen-bond donors (Lipinski definition) is 0. The number of allylic oxidation sites excluding steroid dienone is 2. The fourth-order valence-electron chi connectivity index (χ4n) is 4.06. The van der Waals surface area contributed by atoms with E-state index in [1.165, 1.54) is 31.4 Å². The van der Waals surface area contributed by atoms with Gasteiger partial charge in [-0.1, -0.05) is 26.2 Å². The van der Waals surface area contributed by atoms with Gasteiger partial charge in [-0.2, -0.15) is 9.65 Å². The number of ether oxygens (including phenoxy) is 1. The third kappa shape index (κ3) is 5.92. The van der Waals surface area contributed by atoms with Gasteiger partial charge in [0.2, 0.25) is 0 Å². The first-order chi connectivity index (χ1) is 11.6. The zero-order valence-corrected chi connectivity index (χ0v) is 14.8. The van der Waals surface area contributed by atoms with E-state index in [0.29, 0.717) is 0 Å². The highest BCUT2D eigenvalue weighted by Crippen LogP contribution is 2.34. The van der Waals surface area contributed by atoms with Gasteiger partial charge in [0.05, 0.1) is 5.92 Å². The highest BCUT2D eigenvalue weighted by atomic mass is 19.1. The van der Waals surface area contributed by atoms with Gasteiger partial charge in [-0.25, -0.2) is 0 Å². The van der Waals surface area contributed by atoms with Crippen molar-refractivity contribution in [2.75, 3.05) is 0 Å². The first-order valence-corrected chi connectivity index (χ1v) is 9.60. The van der Waals surface area contributed by atoms with Crippen LogP contribution in [0.25, 0.3) is 0 Å². The fourth-order valence-corrected chi connectivity index (χ4v) is 4.06. The molecule has 3 nitrogen and oxygen atoms in total. The van der Waals surface area contributed by atoms with Crippen LogP contribution in [0, 0.1) is 29.1 Å². The maximum atomic E-state index is 13.0. The molecule has 2 fully saturated rings. The third-order valence-corrected chi connectivity index (χ3v) is 5.64. The molecule has 0 atom stereocenters. The van der Waals surface area contributed by atoms with E-state index in [1.54, 1.807) is 0 Å². The summed E-state index contributed by atoms with van der Waals surface area (Å²) in [6.07, 6.45) is 12.6. The topological polar surface area (TPSA) is 50.1 Å². The van der Waals surface area contributed by atoms with Crippen LogP contribution in [0.15, 0.2) is 11.9 Å². The molecule has 0 radical (unpaired) electrons. The molecular formula is C20H30FNO2. The van der Waals surface area contributed by atoms with Crippen molar-refractivity contribution in [3.05, 3.63) is 11.9 Å². The molecule has 0 spiro atoms. The number of rotatable bonds is 6. The number of carbonyl (C=O) groups excluding carboxylic acids is 1. The summed E-state index contributed by atoms with van der Waals surface area (Å²) < 4.78 is 18.7. The second kappa shape index (κ2) is 9.81. The maximum Gasteiger partial charge on any atom is 0.309 e. The molecule has 0 aromatic heterocycles. The minimum Gasteiger partial charge on any atom is -0.462 e. The van der Waals surface area contributed by atoms with Gasteiger partial charge in [-0.05, 0) is 69.3 Å². The van der Waals surface area contributed by atoms with Crippen LogP contribution in [0.1, 0.15) is 77.6 Å². The van der Waals surface area contributed by atoms with Crippen LogP contribution in [0.4, 0.5) is 4.39 Å². The number of hydrogen-bond acceptors (Lipinski definition) is 3. The standard InChI is InChI=1S/C20H30FNO2/c1-2-3-4-15-5-9-17(10-6-15)20(23)24-19-11-7-16(8-12-19)13-18(21)14-22/h13,15-17,19H,2-12H2,1H3. The van der Waals surface area contributed by atoms with E-state index in [9.17, 15) is 9.18 Å². The Hall–Kier alpha value is -1.37. The average Bonchev–Trinajstić information content (AvgIpc) is 2.61. The van der Waals surface area contributed by atoms with Crippen LogP contribution in [-0.4, -0.2) is 12.1 Å². The van der Waals surface area contributed by atoms with Gasteiger partial charge in [0.1, 0.15) is 12.2 Å². The van der Waals surface area contributed by atoms with Crippen LogP contribution < -0.4 is 0 Å². The largest absolute Gasteiger partial charge is 0.462 e. The highest BCUT2D eigenvalue weighted by Gasteiger charge is 2.30. The van der Waals surface area contributed by atoms with Crippen LogP contribution in [0.5, 0.6) is 0 Å². The van der Waals surface area contributed by atoms with Crippen LogP contribution >= 0.6 is 0 Å². The fraction of sp³-hybridized carbons (Fsp3) is 0.800. The van der Waals surface area contributed by atoms with Crippen molar-refractivity contribution in [2.45, 2.75) is 83.7 Å². The molecule has 134 valence electrons. The molecule has 2 rings (SSSR count). The minimum absolute atomic E-state index is 0.0221. The minimum atomic E-state index is -0.699. The molecule has 0 unspecified atom stereocenters. The molecule has 0 heterocycles. The summed E-state index contributed by atoms with van der Waals surface area (Å²) in [6.45, 7) is 2.22. The van der Waals surface area contributed by atoms with Crippen molar-refractivity contribution < 1.29 is 13.9 Å². The van der Waals surface area contributed by atoms with Gasteiger partial charge in [-0.15, -0.1) is 0 Å². The maximum absolute atomic E-state index is 13.0. The van der Waals surface area contributed by atoms with Crippen LogP contribution in [-0.2, 0) is 9.53 Å². The van der Waals surface area contributed by atoms with Crippen LogP contribution in [0.3, 0.4) is 0 Å². The van der Waals surface area contributed by atoms with Crippen LogP contribution in [0.2, 0.25) is 0 Å². The van der Waals surface area contributed by atoms with Gasteiger partial charge < -0.3 is 4.74 Å². The molecule has 0 saturated heterocycles. The Kier molecular flexibility index (Phi) is 7.75. The first kappa shape index (κ1) is 19.0. The zero-order chi connectivity index (χ0) is 17.4. The molecule has 0 bridgehead atoms. The molecule has 2 saturated carbocycles. The summed E-state index contributed by atoms with van der Waals surface area (Å²) in [6, 6.07) is 1.52. The Bertz CT molecular complexity index is 467. The number of halogens is 1. The van der Waals surface area contributed by atoms with Crippen molar-refractivity contribution in [1.82, 2.24) is 0 Å². The van der Waals surface area contributed by atoms with Gasteiger partial charge in [0.25, 0.3) is 0 Å². The Morgan fingerprint density at radius 3 is 2.42 bits per heavy atom. The number of esters is 1. The molecule has 0 aromatic carbocycles. The predicted octanol–water partition coefficient (Wildman–Crippen LogP) is 5.46. The number of nitriles is 1. The molecule has 24 heavy (non-hydrogen) atoms. The lowest BCUT2D eigenvalue weighted by Gasteiger charge is -2.31. The summed E-state index contributed by atoms with van der Waals surface area (Å²) in [7, 11) is 0. The van der Waals surface area contributed by atoms with E-state index in [2.05, 4.69) is 6.92 Å². The smallest absolute Gasteiger partial charge is 0.309 e. The molecule has 0 aliphatic heterocycles. The summed E-state index contributed by atoms with van der Waals surface area (Å²) in [5.41, 5.74) is 0. The van der Waals surface area contributed by atoms with E-state index >= 15 is 0 Å². The molecule has 0 N–H and O–H groups in total. The average molecular weight is 335 g/mol. The second-order valence-electron chi connectivity index (χ2n) is 7.46. The summed E-state index contributed by atoms with van der Waals surface area (Å²) >= 11 is 0. The van der Waals surface area contributed by atoms with Crippen molar-refractivity contribution >= 4 is 5.97 Å². The number of unbranched alkanes of at least 4 members (excludes halogenated alkanes) is 1. The van der Waals surface area contributed by atoms with Crippen molar-refractivity contribution in [3.63, 3.8) is 0 Å². The Morgan fingerprint density at radius 1 is 1.17 bits per heavy atom. The molecule has 2 aliphatic rings. The molecule has 2 aliphatic carbocycles. The summed E-state index contributed by atoms with van der Waals surface area (Å²) in [5, 5.41) is 8.48. The van der Waals surface area contributed by atoms with E-state index in [0.717, 1.165) is 57.3 Å². The van der Waals surface area contributed by atoms with Gasteiger partial charge >= 0.3 is 5.97 Å². The number of nitrogens with zero attached hydrogens (tertiary/aromatic N) is 1. The van der Waals surface area contributed by atoms with Crippen molar-refractivity contribution in [1.29, 1.82) is 5.26 Å². The van der Waals surface area contributed by atoms with E-state index in [4.69, 9.17) is 10.00 Å². The molecule has 4 heteroatoms. The quantitative estimate of drug-likeness (QED) is 0.478. The van der Waals surface area contributed by atoms with Gasteiger partial charge in [0.15, 0.2) is 5.83 Å². The predicted molar refractivity (Wildman–Crippen MR) is 91.6 cm³/mol. The van der Waals surface area contributed by atoms with Crippen molar-refractivity contribution in [3.8, 4) is 6.07 Å². The van der Waals surface area contributed by atoms with E-state index in [1.807, 2.05) is 0 Å². The Morgan fingerprint density at radius 2 is 1.83 bits per heavy atom. The lowest BCUT2D eigenvalue weighted by Crippen LogP contribution is -2.30. The lowest BCUT2D eigenvalue weighted by molar-refractivity contribution is -0.157. The van der Waals surface area contributed by atoms with Crippen molar-refractivity contribution in [2.24, 2.45) is 17.8 Å². The monoisotopic (exact) mass is 335 g/mol. The van der Waals surface area contributed by atoms with E-state index < -0.39 is 5.83 Å². The Balaban J connectivity index is 1.68. The molecular weight excluding hydrogens is 305 g/mol. The number of carbonyl (C=O) groups is 1. The van der Waals surface area contributed by atoms with E-state index in [-0.39, 0.29) is 23.9 Å². The third-order valence-electron chi connectivity index (χ3n) is 5.64. The second-order valence-corrected chi connectivity index (χ2v) is 7.46. The SMILES string of the molecule is CCCCC1CCC(C(=O)OC2CCC(C=C(F)C#N)CC2)CC1. The molecule has 0 aromatic rings. The zero-order valence-electron chi connectivity index (χ0n) is 14.8. The first-order valence-electron chi connectivity index (χ1n) is 9.60. The summed E-state index contributed by atoms with van der Waals surface area (Å²) in [4.78, 5) is 12.4. The summed E-state index contributed by atoms with van der Waals surface area (Å²) in [5.74, 6) is 0.262. The normalized spacial score (nSPS) is 31.3. The molecule has 0 amide bonds. The lowest BCUT2D eigenvalue weighted by atomic mass is 9.80. The highest BCUT2D eigenvalue weighted by molar-refractivity contribution is 5.72. The van der Waals surface area contributed by atoms with Gasteiger partial charge in [-0.3, -0.25) is 4.79 Å². The Labute approximate surface area is 145 Å².